The Morgan fingerprint density at radius 1 is 1.21 bits per heavy atom. The van der Waals surface area contributed by atoms with Crippen LogP contribution in [0.5, 0.6) is 0 Å². The van der Waals surface area contributed by atoms with E-state index in [2.05, 4.69) is 31.0 Å². The van der Waals surface area contributed by atoms with Gasteiger partial charge in [0.05, 0.1) is 12.5 Å². The van der Waals surface area contributed by atoms with Crippen molar-refractivity contribution in [2.45, 2.75) is 77.9 Å². The Labute approximate surface area is 147 Å². The molecule has 1 aliphatic heterocycles. The van der Waals surface area contributed by atoms with Gasteiger partial charge < -0.3 is 4.74 Å². The first kappa shape index (κ1) is 18.8. The average Bonchev–Trinajstić information content (AvgIpc) is 3.03. The summed E-state index contributed by atoms with van der Waals surface area (Å²) in [6, 6.07) is -0.415. The molecule has 0 N–H and O–H groups in total. The molecule has 0 aliphatic carbocycles. The van der Waals surface area contributed by atoms with Crippen LogP contribution in [0.15, 0.2) is 0 Å². The highest BCUT2D eigenvalue weighted by atomic mass is 32.1. The van der Waals surface area contributed by atoms with E-state index in [-0.39, 0.29) is 17.6 Å². The van der Waals surface area contributed by atoms with Gasteiger partial charge in [-0.3, -0.25) is 9.69 Å². The van der Waals surface area contributed by atoms with Crippen LogP contribution >= 0.6 is 11.3 Å². The number of carbonyl (C=O) groups is 2. The number of nitrogens with zero attached hydrogens (tertiary/aromatic N) is 3. The number of aromatic nitrogens is 2. The minimum absolute atomic E-state index is 0.00923. The van der Waals surface area contributed by atoms with Crippen LogP contribution < -0.4 is 0 Å². The van der Waals surface area contributed by atoms with E-state index >= 15 is 0 Å². The lowest BCUT2D eigenvalue weighted by Gasteiger charge is -2.27. The molecule has 1 aromatic rings. The van der Waals surface area contributed by atoms with Crippen molar-refractivity contribution in [3.05, 3.63) is 10.0 Å². The summed E-state index contributed by atoms with van der Waals surface area (Å²) in [5.41, 5.74) is -0.636. The number of ether oxygens (including phenoxy) is 1. The standard InChI is InChI=1S/C17H27N3O3S/c1-16(2,3)14-19-18-13(24-14)10-12(21)11-8-7-9-20(11)15(22)23-17(4,5)6/h11H,7-10H2,1-6H3/t11-/m0/s1. The Bertz CT molecular complexity index is 613. The highest BCUT2D eigenvalue weighted by Crippen LogP contribution is 2.27. The summed E-state index contributed by atoms with van der Waals surface area (Å²) in [5.74, 6) is 0.00923. The number of amides is 1. The van der Waals surface area contributed by atoms with E-state index in [9.17, 15) is 9.59 Å². The third-order valence-corrected chi connectivity index (χ3v) is 5.04. The average molecular weight is 353 g/mol. The molecule has 24 heavy (non-hydrogen) atoms. The zero-order valence-corrected chi connectivity index (χ0v) is 16.2. The van der Waals surface area contributed by atoms with E-state index in [0.29, 0.717) is 18.0 Å². The maximum atomic E-state index is 12.6. The first-order valence-electron chi connectivity index (χ1n) is 8.32. The fourth-order valence-corrected chi connectivity index (χ4v) is 3.44. The second-order valence-corrected chi connectivity index (χ2v) is 9.29. The monoisotopic (exact) mass is 353 g/mol. The van der Waals surface area contributed by atoms with Crippen LogP contribution in [0.3, 0.4) is 0 Å². The second kappa shape index (κ2) is 6.78. The Hall–Kier alpha value is -1.50. The second-order valence-electron chi connectivity index (χ2n) is 8.23. The molecule has 0 saturated carbocycles. The SMILES string of the molecule is CC(C)(C)OC(=O)N1CCC[C@H]1C(=O)Cc1nnc(C(C)(C)C)s1. The fraction of sp³-hybridized carbons (Fsp3) is 0.765. The summed E-state index contributed by atoms with van der Waals surface area (Å²) in [6.45, 7) is 12.3. The number of Topliss-reactive ketones (excluding diaryl/α,β-unsaturated/α-hetero) is 1. The maximum absolute atomic E-state index is 12.6. The molecule has 7 heteroatoms. The molecular formula is C17H27N3O3S. The van der Waals surface area contributed by atoms with Crippen molar-refractivity contribution in [3.8, 4) is 0 Å². The quantitative estimate of drug-likeness (QED) is 0.833. The van der Waals surface area contributed by atoms with Gasteiger partial charge in [0.1, 0.15) is 15.6 Å². The summed E-state index contributed by atoms with van der Waals surface area (Å²) in [4.78, 5) is 26.5. The predicted octanol–water partition coefficient (Wildman–Crippen LogP) is 3.35. The molecule has 1 atom stereocenters. The van der Waals surface area contributed by atoms with Crippen LogP contribution in [0.1, 0.15) is 64.4 Å². The number of ketones is 1. The first-order valence-corrected chi connectivity index (χ1v) is 9.14. The molecule has 6 nitrogen and oxygen atoms in total. The number of hydrogen-bond donors (Lipinski definition) is 0. The Morgan fingerprint density at radius 3 is 2.42 bits per heavy atom. The first-order chi connectivity index (χ1) is 11.0. The molecule has 2 heterocycles. The Morgan fingerprint density at radius 2 is 1.88 bits per heavy atom. The van der Waals surface area contributed by atoms with Crippen molar-refractivity contribution in [3.63, 3.8) is 0 Å². The number of rotatable bonds is 3. The molecule has 0 bridgehead atoms. The summed E-state index contributed by atoms with van der Waals surface area (Å²) in [5, 5.41) is 9.94. The molecule has 0 radical (unpaired) electrons. The van der Waals surface area contributed by atoms with Gasteiger partial charge in [0, 0.05) is 12.0 Å². The highest BCUT2D eigenvalue weighted by molar-refractivity contribution is 7.11. The van der Waals surface area contributed by atoms with E-state index in [1.165, 1.54) is 11.3 Å². The summed E-state index contributed by atoms with van der Waals surface area (Å²) >= 11 is 1.47. The van der Waals surface area contributed by atoms with Crippen LogP contribution in [0, 0.1) is 0 Å². The minimum Gasteiger partial charge on any atom is -0.444 e. The zero-order chi connectivity index (χ0) is 18.1. The Kier molecular flexibility index (Phi) is 5.32. The van der Waals surface area contributed by atoms with Crippen molar-refractivity contribution < 1.29 is 14.3 Å². The van der Waals surface area contributed by atoms with E-state index < -0.39 is 17.7 Å². The van der Waals surface area contributed by atoms with Gasteiger partial charge in [-0.1, -0.05) is 20.8 Å². The number of hydrogen-bond acceptors (Lipinski definition) is 6. The summed E-state index contributed by atoms with van der Waals surface area (Å²) in [6.07, 6.45) is 1.31. The molecule has 1 aromatic heterocycles. The van der Waals surface area contributed by atoms with Crippen LogP contribution in [-0.2, 0) is 21.4 Å². The molecule has 1 fully saturated rings. The van der Waals surface area contributed by atoms with E-state index in [4.69, 9.17) is 4.74 Å². The molecule has 2 rings (SSSR count). The molecule has 0 spiro atoms. The number of carbonyl (C=O) groups excluding carboxylic acids is 2. The van der Waals surface area contributed by atoms with Gasteiger partial charge in [-0.15, -0.1) is 21.5 Å². The summed E-state index contributed by atoms with van der Waals surface area (Å²) in [7, 11) is 0. The highest BCUT2D eigenvalue weighted by Gasteiger charge is 2.36. The van der Waals surface area contributed by atoms with Crippen molar-refractivity contribution >= 4 is 23.2 Å². The molecule has 0 aromatic carbocycles. The zero-order valence-electron chi connectivity index (χ0n) is 15.4. The van der Waals surface area contributed by atoms with Crippen molar-refractivity contribution in [2.24, 2.45) is 0 Å². The lowest BCUT2D eigenvalue weighted by atomic mass is 9.98. The largest absolute Gasteiger partial charge is 0.444 e. The smallest absolute Gasteiger partial charge is 0.410 e. The maximum Gasteiger partial charge on any atom is 0.410 e. The minimum atomic E-state index is -0.561. The topological polar surface area (TPSA) is 72.4 Å². The van der Waals surface area contributed by atoms with E-state index in [1.807, 2.05) is 20.8 Å². The van der Waals surface area contributed by atoms with Gasteiger partial charge in [-0.05, 0) is 33.6 Å². The van der Waals surface area contributed by atoms with Gasteiger partial charge in [0.25, 0.3) is 0 Å². The number of likely N-dealkylation sites (tertiary alicyclic amines) is 1. The van der Waals surface area contributed by atoms with Gasteiger partial charge in [0.2, 0.25) is 0 Å². The lowest BCUT2D eigenvalue weighted by Crippen LogP contribution is -2.43. The predicted molar refractivity (Wildman–Crippen MR) is 93.3 cm³/mol. The van der Waals surface area contributed by atoms with Crippen LogP contribution in [0.25, 0.3) is 0 Å². The summed E-state index contributed by atoms with van der Waals surface area (Å²) < 4.78 is 5.41. The third-order valence-electron chi connectivity index (χ3n) is 3.69. The van der Waals surface area contributed by atoms with Gasteiger partial charge in [-0.25, -0.2) is 4.79 Å². The van der Waals surface area contributed by atoms with Crippen LogP contribution in [-0.4, -0.2) is 45.2 Å². The van der Waals surface area contributed by atoms with Gasteiger partial charge in [-0.2, -0.15) is 0 Å². The molecular weight excluding hydrogens is 326 g/mol. The van der Waals surface area contributed by atoms with Gasteiger partial charge >= 0.3 is 6.09 Å². The van der Waals surface area contributed by atoms with Crippen molar-refractivity contribution in [1.82, 2.24) is 15.1 Å². The van der Waals surface area contributed by atoms with Gasteiger partial charge in [0.15, 0.2) is 5.78 Å². The molecule has 1 aliphatic rings. The lowest BCUT2D eigenvalue weighted by molar-refractivity contribution is -0.122. The van der Waals surface area contributed by atoms with Crippen LogP contribution in [0.2, 0.25) is 0 Å². The molecule has 1 saturated heterocycles. The molecule has 134 valence electrons. The normalized spacial score (nSPS) is 18.8. The van der Waals surface area contributed by atoms with Crippen LogP contribution in [0.4, 0.5) is 4.79 Å². The van der Waals surface area contributed by atoms with E-state index in [0.717, 1.165) is 11.4 Å². The Balaban J connectivity index is 2.03. The third kappa shape index (κ3) is 4.75. The van der Waals surface area contributed by atoms with Crippen molar-refractivity contribution in [1.29, 1.82) is 0 Å². The fourth-order valence-electron chi connectivity index (χ4n) is 2.54. The molecule has 1 amide bonds. The van der Waals surface area contributed by atoms with Crippen molar-refractivity contribution in [2.75, 3.05) is 6.54 Å². The van der Waals surface area contributed by atoms with E-state index in [1.54, 1.807) is 4.90 Å². The molecule has 0 unspecified atom stereocenters.